The van der Waals surface area contributed by atoms with Crippen molar-refractivity contribution >= 4 is 62.3 Å². The van der Waals surface area contributed by atoms with Gasteiger partial charge in [0.1, 0.15) is 17.4 Å². The SMILES string of the molecule is N=C1/C(=C/c2cn(CCOc3ccccc3Cl)c3ccccc23)C(=O)N=C2SC(c3cccnc3)=NN12. The summed E-state index contributed by atoms with van der Waals surface area (Å²) in [5, 5.41) is 17.2. The van der Waals surface area contributed by atoms with Gasteiger partial charge in [0.25, 0.3) is 5.91 Å². The van der Waals surface area contributed by atoms with Crippen molar-refractivity contribution in [2.45, 2.75) is 6.54 Å². The van der Waals surface area contributed by atoms with Gasteiger partial charge < -0.3 is 9.30 Å². The number of benzene rings is 2. The predicted molar refractivity (Wildman–Crippen MR) is 147 cm³/mol. The van der Waals surface area contributed by atoms with Gasteiger partial charge in [-0.1, -0.05) is 41.9 Å². The number of amides is 1. The largest absolute Gasteiger partial charge is 0.490 e. The molecule has 2 aliphatic heterocycles. The molecule has 0 radical (unpaired) electrons. The minimum Gasteiger partial charge on any atom is -0.490 e. The number of hydrazone groups is 1. The molecule has 2 aromatic heterocycles. The lowest BCUT2D eigenvalue weighted by molar-refractivity contribution is -0.114. The lowest BCUT2D eigenvalue weighted by Crippen LogP contribution is -2.35. The maximum Gasteiger partial charge on any atom is 0.283 e. The molecule has 0 fully saturated rings. The molecule has 4 heterocycles. The third-order valence-electron chi connectivity index (χ3n) is 5.91. The Bertz CT molecular complexity index is 1640. The molecule has 10 heteroatoms. The summed E-state index contributed by atoms with van der Waals surface area (Å²) in [5.41, 5.74) is 2.78. The highest BCUT2D eigenvalue weighted by atomic mass is 35.5. The molecule has 1 N–H and O–H groups in total. The second-order valence-corrected chi connectivity index (χ2v) is 9.60. The molecule has 0 saturated carbocycles. The number of aliphatic imine (C=N–C) groups is 1. The third-order valence-corrected chi connectivity index (χ3v) is 7.18. The second-order valence-electron chi connectivity index (χ2n) is 8.24. The zero-order valence-corrected chi connectivity index (χ0v) is 20.9. The van der Waals surface area contributed by atoms with Crippen molar-refractivity contribution in [1.29, 1.82) is 5.41 Å². The number of thioether (sulfide) groups is 1. The van der Waals surface area contributed by atoms with Crippen LogP contribution in [0.3, 0.4) is 0 Å². The fraction of sp³-hybridized carbons (Fsp3) is 0.0741. The number of rotatable bonds is 6. The third kappa shape index (κ3) is 4.43. The Kier molecular flexibility index (Phi) is 6.07. The fourth-order valence-corrected chi connectivity index (χ4v) is 5.22. The number of para-hydroxylation sites is 2. The van der Waals surface area contributed by atoms with E-state index < -0.39 is 5.91 Å². The Morgan fingerprint density at radius 3 is 2.76 bits per heavy atom. The number of halogens is 1. The van der Waals surface area contributed by atoms with Gasteiger partial charge in [-0.2, -0.15) is 15.1 Å². The zero-order chi connectivity index (χ0) is 25.4. The molecule has 182 valence electrons. The molecule has 8 nitrogen and oxygen atoms in total. The summed E-state index contributed by atoms with van der Waals surface area (Å²) in [5.74, 6) is 0.151. The van der Waals surface area contributed by atoms with Crippen LogP contribution in [0.15, 0.2) is 94.9 Å². The molecular weight excluding hydrogens is 508 g/mol. The van der Waals surface area contributed by atoms with Crippen LogP contribution in [-0.2, 0) is 11.3 Å². The van der Waals surface area contributed by atoms with E-state index in [0.29, 0.717) is 34.1 Å². The number of ether oxygens (including phenoxy) is 1. The van der Waals surface area contributed by atoms with E-state index >= 15 is 0 Å². The first-order valence-electron chi connectivity index (χ1n) is 11.4. The number of pyridine rings is 1. The molecule has 0 spiro atoms. The first-order chi connectivity index (χ1) is 18.1. The van der Waals surface area contributed by atoms with Crippen molar-refractivity contribution in [3.8, 4) is 5.75 Å². The second kappa shape index (κ2) is 9.68. The highest BCUT2D eigenvalue weighted by molar-refractivity contribution is 8.27. The Morgan fingerprint density at radius 1 is 1.08 bits per heavy atom. The molecule has 0 saturated heterocycles. The van der Waals surface area contributed by atoms with Crippen molar-refractivity contribution in [1.82, 2.24) is 14.6 Å². The van der Waals surface area contributed by atoms with Crippen molar-refractivity contribution in [3.63, 3.8) is 0 Å². The molecule has 37 heavy (non-hydrogen) atoms. The van der Waals surface area contributed by atoms with E-state index in [-0.39, 0.29) is 11.4 Å². The summed E-state index contributed by atoms with van der Waals surface area (Å²) < 4.78 is 7.94. The van der Waals surface area contributed by atoms with Crippen LogP contribution in [0.5, 0.6) is 5.75 Å². The van der Waals surface area contributed by atoms with Gasteiger partial charge in [0, 0.05) is 40.6 Å². The van der Waals surface area contributed by atoms with Crippen molar-refractivity contribution in [2.75, 3.05) is 6.61 Å². The Hall–Kier alpha value is -4.21. The van der Waals surface area contributed by atoms with Crippen LogP contribution in [0.25, 0.3) is 17.0 Å². The molecule has 0 atom stereocenters. The number of amidine groups is 2. The maximum atomic E-state index is 13.0. The van der Waals surface area contributed by atoms with Gasteiger partial charge in [-0.3, -0.25) is 15.2 Å². The Morgan fingerprint density at radius 2 is 1.92 bits per heavy atom. The van der Waals surface area contributed by atoms with Crippen LogP contribution < -0.4 is 4.74 Å². The van der Waals surface area contributed by atoms with E-state index in [1.165, 1.54) is 16.8 Å². The van der Waals surface area contributed by atoms with Gasteiger partial charge in [0.15, 0.2) is 5.84 Å². The van der Waals surface area contributed by atoms with Gasteiger partial charge in [-0.05, 0) is 48.2 Å². The molecule has 0 unspecified atom stereocenters. The summed E-state index contributed by atoms with van der Waals surface area (Å²) in [6.45, 7) is 0.988. The monoisotopic (exact) mass is 526 g/mol. The normalized spacial score (nSPS) is 16.2. The molecular formula is C27H19ClN6O2S. The van der Waals surface area contributed by atoms with Crippen LogP contribution in [0.2, 0.25) is 5.02 Å². The van der Waals surface area contributed by atoms with Crippen LogP contribution in [0, 0.1) is 5.41 Å². The maximum absolute atomic E-state index is 13.0. The van der Waals surface area contributed by atoms with E-state index in [1.54, 1.807) is 24.5 Å². The summed E-state index contributed by atoms with van der Waals surface area (Å²) in [6.07, 6.45) is 7.04. The van der Waals surface area contributed by atoms with E-state index in [1.807, 2.05) is 60.8 Å². The minimum atomic E-state index is -0.467. The number of nitrogens with one attached hydrogen (secondary N) is 1. The first-order valence-corrected chi connectivity index (χ1v) is 12.6. The lowest BCUT2D eigenvalue weighted by atomic mass is 10.1. The minimum absolute atomic E-state index is 0.0136. The predicted octanol–water partition coefficient (Wildman–Crippen LogP) is 5.44. The van der Waals surface area contributed by atoms with Gasteiger partial charge in [-0.15, -0.1) is 0 Å². The van der Waals surface area contributed by atoms with Crippen LogP contribution in [0.4, 0.5) is 0 Å². The molecule has 4 aromatic rings. The van der Waals surface area contributed by atoms with Gasteiger partial charge in [0.05, 0.1) is 17.1 Å². The summed E-state index contributed by atoms with van der Waals surface area (Å²) >= 11 is 7.45. The van der Waals surface area contributed by atoms with Crippen molar-refractivity contribution in [2.24, 2.45) is 10.1 Å². The standard InChI is InChI=1S/C27H19ClN6O2S/c28-21-8-2-4-10-23(21)36-13-12-33-16-18(19-7-1-3-9-22(19)33)14-20-24(29)34-27(31-25(20)35)37-26(32-34)17-6-5-11-30-15-17/h1-11,14-16,29H,12-13H2/b20-14-,29-24?. The van der Waals surface area contributed by atoms with Gasteiger partial charge in [-0.25, -0.2) is 0 Å². The topological polar surface area (TPSA) is 95.9 Å². The molecule has 2 aromatic carbocycles. The molecule has 0 bridgehead atoms. The number of aromatic nitrogens is 2. The number of hydrogen-bond acceptors (Lipinski definition) is 6. The average Bonchev–Trinajstić information content (AvgIpc) is 3.50. The number of nitrogens with zero attached hydrogens (tertiary/aromatic N) is 5. The van der Waals surface area contributed by atoms with E-state index in [9.17, 15) is 4.79 Å². The number of fused-ring (bicyclic) bond motifs is 2. The van der Waals surface area contributed by atoms with Crippen LogP contribution >= 0.6 is 23.4 Å². The number of hydrogen-bond donors (Lipinski definition) is 1. The Labute approximate surface area is 221 Å². The van der Waals surface area contributed by atoms with E-state index in [2.05, 4.69) is 19.6 Å². The average molecular weight is 527 g/mol. The van der Waals surface area contributed by atoms with Crippen molar-refractivity contribution < 1.29 is 9.53 Å². The molecule has 0 aliphatic carbocycles. The highest BCUT2D eigenvalue weighted by Crippen LogP contribution is 2.32. The summed E-state index contributed by atoms with van der Waals surface area (Å²) in [6, 6.07) is 19.0. The van der Waals surface area contributed by atoms with E-state index in [0.717, 1.165) is 22.0 Å². The highest BCUT2D eigenvalue weighted by Gasteiger charge is 2.36. The summed E-state index contributed by atoms with van der Waals surface area (Å²) in [4.78, 5) is 21.3. The first kappa shape index (κ1) is 23.2. The zero-order valence-electron chi connectivity index (χ0n) is 19.3. The summed E-state index contributed by atoms with van der Waals surface area (Å²) in [7, 11) is 0. The lowest BCUT2D eigenvalue weighted by Gasteiger charge is -2.20. The molecule has 1 amide bonds. The van der Waals surface area contributed by atoms with Crippen LogP contribution in [-0.4, -0.2) is 43.1 Å². The number of carbonyl (C=O) groups is 1. The Balaban J connectivity index is 1.29. The van der Waals surface area contributed by atoms with Gasteiger partial charge >= 0.3 is 0 Å². The number of carbonyl (C=O) groups excluding carboxylic acids is 1. The fourth-order valence-electron chi connectivity index (χ4n) is 4.14. The smallest absolute Gasteiger partial charge is 0.283 e. The van der Waals surface area contributed by atoms with E-state index in [4.69, 9.17) is 21.7 Å². The van der Waals surface area contributed by atoms with Crippen LogP contribution in [0.1, 0.15) is 11.1 Å². The quantitative estimate of drug-likeness (QED) is 0.338. The van der Waals surface area contributed by atoms with Crippen molar-refractivity contribution in [3.05, 3.63) is 101 Å². The molecule has 2 aliphatic rings. The molecule has 6 rings (SSSR count). The van der Waals surface area contributed by atoms with Gasteiger partial charge in [0.2, 0.25) is 5.17 Å².